The third kappa shape index (κ3) is 6.77. The van der Waals surface area contributed by atoms with Crippen LogP contribution in [0, 0.1) is 25.6 Å². The second kappa shape index (κ2) is 11.2. The van der Waals surface area contributed by atoms with Gasteiger partial charge in [0.25, 0.3) is 10.0 Å². The number of anilines is 2. The topological polar surface area (TPSA) is 113 Å². The highest BCUT2D eigenvalue weighted by Gasteiger charge is 2.31. The van der Waals surface area contributed by atoms with Crippen molar-refractivity contribution >= 4 is 37.3 Å². The van der Waals surface area contributed by atoms with Crippen LogP contribution in [0.15, 0.2) is 71.6 Å². The Balaban J connectivity index is 1.32. The second-order valence-corrected chi connectivity index (χ2v) is 13.1. The summed E-state index contributed by atoms with van der Waals surface area (Å²) in [5.41, 5.74) is 3.20. The Kier molecular flexibility index (Phi) is 8.19. The molecule has 0 unspecified atom stereocenters. The van der Waals surface area contributed by atoms with Gasteiger partial charge >= 0.3 is 0 Å². The van der Waals surface area contributed by atoms with Gasteiger partial charge in [-0.15, -0.1) is 0 Å². The minimum atomic E-state index is -3.81. The van der Waals surface area contributed by atoms with Crippen LogP contribution in [0.2, 0.25) is 0 Å². The Labute approximate surface area is 223 Å². The summed E-state index contributed by atoms with van der Waals surface area (Å²) in [4.78, 5) is 12.9. The zero-order chi connectivity index (χ0) is 27.5. The lowest BCUT2D eigenvalue weighted by atomic mass is 9.97. The quantitative estimate of drug-likeness (QED) is 0.424. The first-order valence-electron chi connectivity index (χ1n) is 12.2. The Hall–Kier alpha value is -3.28. The summed E-state index contributed by atoms with van der Waals surface area (Å²) in [6.45, 7) is 4.12. The van der Waals surface area contributed by atoms with Gasteiger partial charge in [-0.3, -0.25) is 9.52 Å². The normalized spacial score (nSPS) is 15.2. The number of rotatable bonds is 8. The molecule has 38 heavy (non-hydrogen) atoms. The van der Waals surface area contributed by atoms with E-state index in [4.69, 9.17) is 0 Å². The minimum absolute atomic E-state index is 0.0658. The molecule has 0 bridgehead atoms. The van der Waals surface area contributed by atoms with Crippen molar-refractivity contribution < 1.29 is 26.0 Å². The summed E-state index contributed by atoms with van der Waals surface area (Å²) in [6, 6.07) is 16.8. The van der Waals surface area contributed by atoms with Crippen molar-refractivity contribution in [2.24, 2.45) is 5.92 Å². The van der Waals surface area contributed by atoms with Crippen LogP contribution in [0.3, 0.4) is 0 Å². The first-order chi connectivity index (χ1) is 17.9. The van der Waals surface area contributed by atoms with Crippen molar-refractivity contribution in [3.8, 4) is 0 Å². The lowest BCUT2D eigenvalue weighted by Gasteiger charge is -2.30. The minimum Gasteiger partial charge on any atom is -0.326 e. The van der Waals surface area contributed by atoms with Crippen molar-refractivity contribution in [2.75, 3.05) is 23.1 Å². The van der Waals surface area contributed by atoms with Gasteiger partial charge < -0.3 is 5.32 Å². The van der Waals surface area contributed by atoms with Gasteiger partial charge in [-0.2, -0.15) is 0 Å². The van der Waals surface area contributed by atoms with Crippen LogP contribution < -0.4 is 10.0 Å². The van der Waals surface area contributed by atoms with Crippen LogP contribution in [0.4, 0.5) is 15.8 Å². The number of carbonyl (C=O) groups is 1. The fourth-order valence-corrected chi connectivity index (χ4v) is 6.98. The predicted octanol–water partition coefficient (Wildman–Crippen LogP) is 4.42. The molecule has 1 aliphatic rings. The predicted molar refractivity (Wildman–Crippen MR) is 145 cm³/mol. The van der Waals surface area contributed by atoms with Gasteiger partial charge in [0.2, 0.25) is 15.9 Å². The summed E-state index contributed by atoms with van der Waals surface area (Å²) < 4.78 is 68.2. The fourth-order valence-electron chi connectivity index (χ4n) is 4.29. The van der Waals surface area contributed by atoms with Crippen molar-refractivity contribution in [3.63, 3.8) is 0 Å². The van der Waals surface area contributed by atoms with E-state index >= 15 is 0 Å². The number of aryl methyl sites for hydroxylation is 2. The molecule has 3 aromatic rings. The Bertz CT molecular complexity index is 1520. The van der Waals surface area contributed by atoms with Crippen LogP contribution in [-0.2, 0) is 30.6 Å². The summed E-state index contributed by atoms with van der Waals surface area (Å²) in [5.74, 6) is -1.27. The highest BCUT2D eigenvalue weighted by molar-refractivity contribution is 7.92. The standard InChI is InChI=1S/C27H30FN3O5S2/c1-19-3-4-20(2)26(17-19)30-38(35,36)25-11-9-24(10-12-25)29-27(32)22-13-15-31(16-14-22)37(33,34)18-21-5-7-23(28)8-6-21/h3-12,17,22,30H,13-16,18H2,1-2H3,(H,29,32). The third-order valence-corrected chi connectivity index (χ3v) is 9.78. The smallest absolute Gasteiger partial charge is 0.261 e. The van der Waals surface area contributed by atoms with E-state index in [1.165, 1.54) is 52.8 Å². The van der Waals surface area contributed by atoms with E-state index in [2.05, 4.69) is 10.0 Å². The number of hydrogen-bond donors (Lipinski definition) is 2. The van der Waals surface area contributed by atoms with Gasteiger partial charge in [-0.05, 0) is 85.8 Å². The van der Waals surface area contributed by atoms with Crippen molar-refractivity contribution in [1.29, 1.82) is 0 Å². The molecule has 4 rings (SSSR count). The van der Waals surface area contributed by atoms with Gasteiger partial charge in [-0.25, -0.2) is 25.5 Å². The number of hydrogen-bond acceptors (Lipinski definition) is 5. The molecule has 1 heterocycles. The summed E-state index contributed by atoms with van der Waals surface area (Å²) >= 11 is 0. The highest BCUT2D eigenvalue weighted by Crippen LogP contribution is 2.25. The first-order valence-corrected chi connectivity index (χ1v) is 15.3. The monoisotopic (exact) mass is 559 g/mol. The molecule has 1 amide bonds. The SMILES string of the molecule is Cc1ccc(C)c(NS(=O)(=O)c2ccc(NC(=O)C3CCN(S(=O)(=O)Cc4ccc(F)cc4)CC3)cc2)c1. The number of halogens is 1. The molecule has 0 spiro atoms. The molecule has 0 atom stereocenters. The number of piperidine rings is 1. The van der Waals surface area contributed by atoms with Crippen LogP contribution in [0.5, 0.6) is 0 Å². The Morgan fingerprint density at radius 1 is 0.921 bits per heavy atom. The Morgan fingerprint density at radius 2 is 1.55 bits per heavy atom. The number of nitrogens with zero attached hydrogens (tertiary/aromatic N) is 1. The molecule has 11 heteroatoms. The molecule has 0 radical (unpaired) electrons. The zero-order valence-corrected chi connectivity index (χ0v) is 22.8. The molecule has 1 fully saturated rings. The van der Waals surface area contributed by atoms with Gasteiger partial charge in [0.05, 0.1) is 16.3 Å². The average molecular weight is 560 g/mol. The number of amides is 1. The first kappa shape index (κ1) is 27.7. The Morgan fingerprint density at radius 3 is 2.18 bits per heavy atom. The lowest BCUT2D eigenvalue weighted by Crippen LogP contribution is -2.41. The van der Waals surface area contributed by atoms with Crippen LogP contribution in [0.25, 0.3) is 0 Å². The summed E-state index contributed by atoms with van der Waals surface area (Å²) in [6.07, 6.45) is 0.724. The zero-order valence-electron chi connectivity index (χ0n) is 21.1. The van der Waals surface area contributed by atoms with E-state index in [9.17, 15) is 26.0 Å². The molecule has 1 aliphatic heterocycles. The number of sulfonamides is 2. The summed E-state index contributed by atoms with van der Waals surface area (Å²) in [7, 11) is -7.39. The largest absolute Gasteiger partial charge is 0.326 e. The molecule has 202 valence electrons. The van der Waals surface area contributed by atoms with Gasteiger partial charge in [0, 0.05) is 24.7 Å². The highest BCUT2D eigenvalue weighted by atomic mass is 32.2. The summed E-state index contributed by atoms with van der Waals surface area (Å²) in [5, 5.41) is 2.80. The maximum Gasteiger partial charge on any atom is 0.261 e. The van der Waals surface area contributed by atoms with Crippen LogP contribution in [-0.4, -0.2) is 40.1 Å². The molecule has 8 nitrogen and oxygen atoms in total. The van der Waals surface area contributed by atoms with Gasteiger partial charge in [0.1, 0.15) is 5.82 Å². The van der Waals surface area contributed by atoms with E-state index in [-0.39, 0.29) is 35.6 Å². The molecular weight excluding hydrogens is 529 g/mol. The van der Waals surface area contributed by atoms with Crippen molar-refractivity contribution in [1.82, 2.24) is 4.31 Å². The van der Waals surface area contributed by atoms with Gasteiger partial charge in [0.15, 0.2) is 0 Å². The van der Waals surface area contributed by atoms with Crippen molar-refractivity contribution in [3.05, 3.63) is 89.2 Å². The van der Waals surface area contributed by atoms with E-state index in [1.807, 2.05) is 26.0 Å². The third-order valence-electron chi connectivity index (χ3n) is 6.55. The second-order valence-electron chi connectivity index (χ2n) is 9.49. The average Bonchev–Trinajstić information content (AvgIpc) is 2.88. The molecule has 0 aromatic heterocycles. The van der Waals surface area contributed by atoms with E-state index in [1.54, 1.807) is 6.07 Å². The molecular formula is C27H30FN3O5S2. The van der Waals surface area contributed by atoms with E-state index in [0.29, 0.717) is 29.8 Å². The fraction of sp³-hybridized carbons (Fsp3) is 0.296. The number of carbonyl (C=O) groups excluding carboxylic acids is 1. The number of nitrogens with one attached hydrogen (secondary N) is 2. The van der Waals surface area contributed by atoms with E-state index in [0.717, 1.165) is 11.1 Å². The molecule has 0 saturated carbocycles. The molecule has 0 aliphatic carbocycles. The number of benzene rings is 3. The van der Waals surface area contributed by atoms with Gasteiger partial charge in [-0.1, -0.05) is 24.3 Å². The molecule has 1 saturated heterocycles. The lowest BCUT2D eigenvalue weighted by molar-refractivity contribution is -0.120. The molecule has 2 N–H and O–H groups in total. The van der Waals surface area contributed by atoms with E-state index < -0.39 is 25.9 Å². The maximum atomic E-state index is 13.1. The van der Waals surface area contributed by atoms with Crippen LogP contribution in [0.1, 0.15) is 29.5 Å². The van der Waals surface area contributed by atoms with Crippen LogP contribution >= 0.6 is 0 Å². The maximum absolute atomic E-state index is 13.1. The van der Waals surface area contributed by atoms with Crippen molar-refractivity contribution in [2.45, 2.75) is 37.3 Å². The molecule has 3 aromatic carbocycles.